The molecule has 1 rings (SSSR count). The van der Waals surface area contributed by atoms with E-state index in [0.29, 0.717) is 4.47 Å². The van der Waals surface area contributed by atoms with Crippen LogP contribution in [0.4, 0.5) is 8.78 Å². The number of alkyl halides is 2. The van der Waals surface area contributed by atoms with Gasteiger partial charge in [0.25, 0.3) is 6.43 Å². The van der Waals surface area contributed by atoms with Gasteiger partial charge in [0.1, 0.15) is 0 Å². The lowest BCUT2D eigenvalue weighted by molar-refractivity contribution is 0.115. The van der Waals surface area contributed by atoms with Crippen molar-refractivity contribution in [3.05, 3.63) is 22.2 Å². The standard InChI is InChI=1S/C9H10BrF2NO2.ClH/c1-15-6-3-4(10)2-5(8(6)14)7(13)9(11)12;/h2-3,7,9,14H,13H2,1H3;1H/t7-;/m0./s1. The molecule has 1 aromatic rings. The zero-order chi connectivity index (χ0) is 11.6. The number of hydrogen-bond donors (Lipinski definition) is 2. The van der Waals surface area contributed by atoms with Crippen LogP contribution in [-0.2, 0) is 0 Å². The summed E-state index contributed by atoms with van der Waals surface area (Å²) in [5.74, 6) is -0.246. The minimum absolute atomic E-state index is 0. The maximum atomic E-state index is 12.4. The van der Waals surface area contributed by atoms with Crippen molar-refractivity contribution in [3.8, 4) is 11.5 Å². The van der Waals surface area contributed by atoms with E-state index >= 15 is 0 Å². The van der Waals surface area contributed by atoms with Gasteiger partial charge in [0.15, 0.2) is 11.5 Å². The molecule has 0 aliphatic carbocycles. The quantitative estimate of drug-likeness (QED) is 0.901. The third kappa shape index (κ3) is 3.20. The SMILES string of the molecule is COc1cc(Br)cc([C@H](N)C(F)F)c1O.Cl. The van der Waals surface area contributed by atoms with Crippen molar-refractivity contribution in [3.63, 3.8) is 0 Å². The molecule has 7 heteroatoms. The molecule has 0 aromatic heterocycles. The summed E-state index contributed by atoms with van der Waals surface area (Å²) >= 11 is 3.11. The second kappa shape index (κ2) is 6.22. The van der Waals surface area contributed by atoms with E-state index in [1.54, 1.807) is 0 Å². The molecule has 0 fully saturated rings. The second-order valence-corrected chi connectivity index (χ2v) is 3.82. The van der Waals surface area contributed by atoms with Crippen molar-refractivity contribution < 1.29 is 18.6 Å². The first-order valence-corrected chi connectivity index (χ1v) is 4.86. The van der Waals surface area contributed by atoms with Crippen LogP contribution in [-0.4, -0.2) is 18.6 Å². The third-order valence-electron chi connectivity index (χ3n) is 1.92. The molecule has 0 heterocycles. The summed E-state index contributed by atoms with van der Waals surface area (Å²) < 4.78 is 30.1. The average Bonchev–Trinajstić information content (AvgIpc) is 2.19. The highest BCUT2D eigenvalue weighted by molar-refractivity contribution is 9.10. The van der Waals surface area contributed by atoms with Crippen molar-refractivity contribution in [2.45, 2.75) is 12.5 Å². The molecule has 0 unspecified atom stereocenters. The van der Waals surface area contributed by atoms with Gasteiger partial charge in [0.05, 0.1) is 13.2 Å². The van der Waals surface area contributed by atoms with E-state index in [0.717, 1.165) is 0 Å². The van der Waals surface area contributed by atoms with E-state index in [9.17, 15) is 13.9 Å². The predicted molar refractivity (Wildman–Crippen MR) is 62.5 cm³/mol. The Morgan fingerprint density at radius 2 is 2.00 bits per heavy atom. The highest BCUT2D eigenvalue weighted by Crippen LogP contribution is 2.37. The van der Waals surface area contributed by atoms with E-state index < -0.39 is 12.5 Å². The maximum Gasteiger partial charge on any atom is 0.257 e. The Hall–Kier alpha value is -0.590. The molecule has 0 saturated heterocycles. The molecule has 0 saturated carbocycles. The molecule has 1 atom stereocenters. The smallest absolute Gasteiger partial charge is 0.257 e. The van der Waals surface area contributed by atoms with Crippen molar-refractivity contribution in [2.75, 3.05) is 7.11 Å². The lowest BCUT2D eigenvalue weighted by atomic mass is 10.1. The Morgan fingerprint density at radius 1 is 1.44 bits per heavy atom. The summed E-state index contributed by atoms with van der Waals surface area (Å²) in [5, 5.41) is 9.57. The molecule has 0 aliphatic rings. The monoisotopic (exact) mass is 317 g/mol. The second-order valence-electron chi connectivity index (χ2n) is 2.91. The average molecular weight is 319 g/mol. The molecular weight excluding hydrogens is 307 g/mol. The van der Waals surface area contributed by atoms with Crippen molar-refractivity contribution >= 4 is 28.3 Å². The minimum Gasteiger partial charge on any atom is -0.504 e. The summed E-state index contributed by atoms with van der Waals surface area (Å²) in [6.07, 6.45) is -2.74. The van der Waals surface area contributed by atoms with Gasteiger partial charge in [0, 0.05) is 10.0 Å². The number of hydrogen-bond acceptors (Lipinski definition) is 3. The van der Waals surface area contributed by atoms with Crippen LogP contribution in [0, 0.1) is 0 Å². The van der Waals surface area contributed by atoms with E-state index in [2.05, 4.69) is 15.9 Å². The lowest BCUT2D eigenvalue weighted by Crippen LogP contribution is -2.19. The van der Waals surface area contributed by atoms with Gasteiger partial charge in [-0.15, -0.1) is 12.4 Å². The Bertz CT molecular complexity index is 366. The maximum absolute atomic E-state index is 12.4. The molecule has 0 spiro atoms. The molecule has 3 N–H and O–H groups in total. The van der Waals surface area contributed by atoms with Crippen molar-refractivity contribution in [1.82, 2.24) is 0 Å². The Kier molecular flexibility index (Phi) is 5.99. The largest absolute Gasteiger partial charge is 0.504 e. The highest BCUT2D eigenvalue weighted by atomic mass is 79.9. The normalized spacial score (nSPS) is 12.1. The molecule has 0 aliphatic heterocycles. The number of phenolic OH excluding ortho intramolecular Hbond substituents is 1. The zero-order valence-corrected chi connectivity index (χ0v) is 10.7. The first kappa shape index (κ1) is 15.4. The van der Waals surface area contributed by atoms with Crippen LogP contribution in [0.1, 0.15) is 11.6 Å². The number of ether oxygens (including phenoxy) is 1. The number of phenols is 1. The Morgan fingerprint density at radius 3 is 2.44 bits per heavy atom. The Balaban J connectivity index is 0.00000225. The number of rotatable bonds is 3. The molecule has 0 bridgehead atoms. The third-order valence-corrected chi connectivity index (χ3v) is 2.38. The van der Waals surface area contributed by atoms with Gasteiger partial charge in [-0.1, -0.05) is 15.9 Å². The van der Waals surface area contributed by atoms with E-state index in [1.165, 1.54) is 19.2 Å². The summed E-state index contributed by atoms with van der Waals surface area (Å²) in [5.41, 5.74) is 5.20. The number of nitrogens with two attached hydrogens (primary N) is 1. The fourth-order valence-corrected chi connectivity index (χ4v) is 1.59. The fourth-order valence-electron chi connectivity index (χ4n) is 1.14. The number of methoxy groups -OCH3 is 1. The first-order chi connectivity index (χ1) is 6.97. The van der Waals surface area contributed by atoms with Crippen LogP contribution < -0.4 is 10.5 Å². The lowest BCUT2D eigenvalue weighted by Gasteiger charge is -2.15. The van der Waals surface area contributed by atoms with Gasteiger partial charge >= 0.3 is 0 Å². The van der Waals surface area contributed by atoms with Gasteiger partial charge in [-0.3, -0.25) is 0 Å². The van der Waals surface area contributed by atoms with Crippen molar-refractivity contribution in [1.29, 1.82) is 0 Å². The minimum atomic E-state index is -2.74. The molecule has 3 nitrogen and oxygen atoms in total. The van der Waals surface area contributed by atoms with Gasteiger partial charge < -0.3 is 15.6 Å². The number of aromatic hydroxyl groups is 1. The van der Waals surface area contributed by atoms with Gasteiger partial charge in [0.2, 0.25) is 0 Å². The molecule has 1 aromatic carbocycles. The van der Waals surface area contributed by atoms with E-state index in [4.69, 9.17) is 10.5 Å². The first-order valence-electron chi connectivity index (χ1n) is 4.07. The van der Waals surface area contributed by atoms with Crippen LogP contribution in [0.2, 0.25) is 0 Å². The molecule has 0 amide bonds. The summed E-state index contributed by atoms with van der Waals surface area (Å²) in [6, 6.07) is 1.28. The van der Waals surface area contributed by atoms with Crippen LogP contribution in [0.25, 0.3) is 0 Å². The fraction of sp³-hybridized carbons (Fsp3) is 0.333. The Labute approximate surface area is 106 Å². The van der Waals surface area contributed by atoms with Gasteiger partial charge in [-0.05, 0) is 12.1 Å². The summed E-state index contributed by atoms with van der Waals surface area (Å²) in [4.78, 5) is 0. The van der Waals surface area contributed by atoms with E-state index in [-0.39, 0.29) is 29.5 Å². The highest BCUT2D eigenvalue weighted by Gasteiger charge is 2.23. The van der Waals surface area contributed by atoms with Crippen LogP contribution in [0.5, 0.6) is 11.5 Å². The molecular formula is C9H11BrClF2NO2. The molecule has 92 valence electrons. The zero-order valence-electron chi connectivity index (χ0n) is 8.28. The van der Waals surface area contributed by atoms with Crippen LogP contribution in [0.3, 0.4) is 0 Å². The van der Waals surface area contributed by atoms with Crippen LogP contribution in [0.15, 0.2) is 16.6 Å². The number of halogens is 4. The van der Waals surface area contributed by atoms with Crippen molar-refractivity contribution in [2.24, 2.45) is 5.73 Å². The van der Waals surface area contributed by atoms with Gasteiger partial charge in [-0.25, -0.2) is 8.78 Å². The predicted octanol–water partition coefficient (Wildman–Crippen LogP) is 2.85. The summed E-state index contributed by atoms with van der Waals surface area (Å²) in [7, 11) is 1.33. The van der Waals surface area contributed by atoms with E-state index in [1.807, 2.05) is 0 Å². The topological polar surface area (TPSA) is 55.5 Å². The number of benzene rings is 1. The van der Waals surface area contributed by atoms with Crippen LogP contribution >= 0.6 is 28.3 Å². The molecule has 16 heavy (non-hydrogen) atoms. The summed E-state index contributed by atoms with van der Waals surface area (Å²) in [6.45, 7) is 0. The van der Waals surface area contributed by atoms with Gasteiger partial charge in [-0.2, -0.15) is 0 Å². The molecule has 0 radical (unpaired) electrons.